The Morgan fingerprint density at radius 3 is 2.44 bits per heavy atom. The fourth-order valence-corrected chi connectivity index (χ4v) is 3.49. The number of sulfonamides is 1. The van der Waals surface area contributed by atoms with Gasteiger partial charge in [0.2, 0.25) is 15.9 Å². The maximum atomic E-state index is 12.6. The molecule has 2 atom stereocenters. The first-order valence-electron chi connectivity index (χ1n) is 8.23. The van der Waals surface area contributed by atoms with Gasteiger partial charge in [-0.3, -0.25) is 4.79 Å². The highest BCUT2D eigenvalue weighted by molar-refractivity contribution is 7.89. The Kier molecular flexibility index (Phi) is 6.39. The molecule has 0 aliphatic rings. The molecule has 25 heavy (non-hydrogen) atoms. The standard InChI is InChI=1S/C18H24N2O4S/c1-4-14(3)19-18(21)12-16(17-6-5-11-24-17)20-25(22,23)15-9-7-13(2)8-10-15/h5-11,14,16,20H,4,12H2,1-3H3,(H,19,21)/t14-,16-/m1/s1. The van der Waals surface area contributed by atoms with Crippen molar-refractivity contribution in [1.82, 2.24) is 10.0 Å². The minimum absolute atomic E-state index is 0.0263. The predicted octanol–water partition coefficient (Wildman–Crippen LogP) is 2.91. The van der Waals surface area contributed by atoms with Crippen LogP contribution in [0.15, 0.2) is 52.0 Å². The Labute approximate surface area is 148 Å². The first-order valence-corrected chi connectivity index (χ1v) is 9.72. The van der Waals surface area contributed by atoms with Gasteiger partial charge in [-0.05, 0) is 44.5 Å². The third-order valence-corrected chi connectivity index (χ3v) is 5.41. The molecule has 0 radical (unpaired) electrons. The monoisotopic (exact) mass is 364 g/mol. The SMILES string of the molecule is CC[C@@H](C)NC(=O)C[C@@H](NS(=O)(=O)c1ccc(C)cc1)c1ccco1. The second kappa shape index (κ2) is 8.31. The van der Waals surface area contributed by atoms with E-state index in [1.165, 1.54) is 18.4 Å². The maximum absolute atomic E-state index is 12.6. The zero-order valence-electron chi connectivity index (χ0n) is 14.7. The van der Waals surface area contributed by atoms with Crippen LogP contribution in [0.1, 0.15) is 44.1 Å². The van der Waals surface area contributed by atoms with Gasteiger partial charge in [0.25, 0.3) is 0 Å². The molecule has 2 aromatic rings. The van der Waals surface area contributed by atoms with Crippen LogP contribution in [-0.2, 0) is 14.8 Å². The largest absolute Gasteiger partial charge is 0.468 e. The number of rotatable bonds is 8. The Morgan fingerprint density at radius 1 is 1.20 bits per heavy atom. The van der Waals surface area contributed by atoms with E-state index in [0.717, 1.165) is 12.0 Å². The van der Waals surface area contributed by atoms with Crippen LogP contribution in [0.4, 0.5) is 0 Å². The summed E-state index contributed by atoms with van der Waals surface area (Å²) in [5.74, 6) is 0.164. The molecular formula is C18H24N2O4S. The highest BCUT2D eigenvalue weighted by Gasteiger charge is 2.25. The molecule has 6 nitrogen and oxygen atoms in total. The van der Waals surface area contributed by atoms with Gasteiger partial charge in [-0.2, -0.15) is 4.72 Å². The van der Waals surface area contributed by atoms with Crippen LogP contribution in [0, 0.1) is 6.92 Å². The van der Waals surface area contributed by atoms with Crippen molar-refractivity contribution in [3.8, 4) is 0 Å². The number of carbonyl (C=O) groups excluding carboxylic acids is 1. The second-order valence-corrected chi connectivity index (χ2v) is 7.80. The molecule has 0 saturated heterocycles. The highest BCUT2D eigenvalue weighted by Crippen LogP contribution is 2.21. The lowest BCUT2D eigenvalue weighted by atomic mass is 10.1. The lowest BCUT2D eigenvalue weighted by Gasteiger charge is -2.18. The van der Waals surface area contributed by atoms with Crippen molar-refractivity contribution in [1.29, 1.82) is 0 Å². The summed E-state index contributed by atoms with van der Waals surface area (Å²) >= 11 is 0. The molecule has 0 saturated carbocycles. The molecule has 1 amide bonds. The summed E-state index contributed by atoms with van der Waals surface area (Å²) in [6.07, 6.45) is 2.21. The van der Waals surface area contributed by atoms with E-state index in [2.05, 4.69) is 10.0 Å². The summed E-state index contributed by atoms with van der Waals surface area (Å²) in [7, 11) is -3.77. The van der Waals surface area contributed by atoms with Crippen molar-refractivity contribution in [2.45, 2.75) is 50.6 Å². The van der Waals surface area contributed by atoms with Crippen molar-refractivity contribution in [3.63, 3.8) is 0 Å². The number of nitrogens with one attached hydrogen (secondary N) is 2. The summed E-state index contributed by atoms with van der Waals surface area (Å²) in [6, 6.07) is 9.10. The molecule has 2 N–H and O–H groups in total. The molecule has 0 fully saturated rings. The Morgan fingerprint density at radius 2 is 1.88 bits per heavy atom. The summed E-state index contributed by atoms with van der Waals surface area (Å²) in [4.78, 5) is 12.3. The fraction of sp³-hybridized carbons (Fsp3) is 0.389. The second-order valence-electron chi connectivity index (χ2n) is 6.08. The number of hydrogen-bond donors (Lipinski definition) is 2. The molecule has 2 rings (SSSR count). The molecule has 0 bridgehead atoms. The number of benzene rings is 1. The van der Waals surface area contributed by atoms with Gasteiger partial charge >= 0.3 is 0 Å². The lowest BCUT2D eigenvalue weighted by Crippen LogP contribution is -2.37. The Bertz CT molecular complexity index is 783. The van der Waals surface area contributed by atoms with Crippen molar-refractivity contribution >= 4 is 15.9 Å². The molecule has 1 aromatic heterocycles. The van der Waals surface area contributed by atoms with Crippen LogP contribution < -0.4 is 10.0 Å². The molecule has 136 valence electrons. The molecule has 1 aromatic carbocycles. The Balaban J connectivity index is 2.19. The minimum atomic E-state index is -3.77. The van der Waals surface area contributed by atoms with Crippen LogP contribution in [0.25, 0.3) is 0 Å². The summed E-state index contributed by atoms with van der Waals surface area (Å²) in [5.41, 5.74) is 0.967. The van der Waals surface area contributed by atoms with Crippen molar-refractivity contribution in [3.05, 3.63) is 54.0 Å². The van der Waals surface area contributed by atoms with E-state index in [9.17, 15) is 13.2 Å². The van der Waals surface area contributed by atoms with Crippen LogP contribution in [-0.4, -0.2) is 20.4 Å². The Hall–Kier alpha value is -2.12. The van der Waals surface area contributed by atoms with Crippen molar-refractivity contribution in [2.75, 3.05) is 0 Å². The summed E-state index contributed by atoms with van der Waals surface area (Å²) in [6.45, 7) is 5.75. The first kappa shape index (κ1) is 19.2. The lowest BCUT2D eigenvalue weighted by molar-refractivity contribution is -0.122. The van der Waals surface area contributed by atoms with Crippen LogP contribution in [0.2, 0.25) is 0 Å². The smallest absolute Gasteiger partial charge is 0.241 e. The molecule has 0 unspecified atom stereocenters. The summed E-state index contributed by atoms with van der Waals surface area (Å²) in [5, 5.41) is 2.84. The van der Waals surface area contributed by atoms with Gasteiger partial charge in [0.15, 0.2) is 0 Å². The van der Waals surface area contributed by atoms with Crippen molar-refractivity contribution in [2.24, 2.45) is 0 Å². The molecular weight excluding hydrogens is 340 g/mol. The van der Waals surface area contributed by atoms with Gasteiger partial charge in [-0.1, -0.05) is 24.6 Å². The molecule has 7 heteroatoms. The summed E-state index contributed by atoms with van der Waals surface area (Å²) < 4.78 is 33.1. The van der Waals surface area contributed by atoms with E-state index in [4.69, 9.17) is 4.42 Å². The molecule has 0 aliphatic heterocycles. The van der Waals surface area contributed by atoms with E-state index < -0.39 is 16.1 Å². The van der Waals surface area contributed by atoms with Crippen LogP contribution >= 0.6 is 0 Å². The fourth-order valence-electron chi connectivity index (χ4n) is 2.28. The van der Waals surface area contributed by atoms with Gasteiger partial charge in [0.05, 0.1) is 23.6 Å². The van der Waals surface area contributed by atoms with Crippen LogP contribution in [0.3, 0.4) is 0 Å². The van der Waals surface area contributed by atoms with Gasteiger partial charge < -0.3 is 9.73 Å². The zero-order valence-corrected chi connectivity index (χ0v) is 15.5. The van der Waals surface area contributed by atoms with Crippen molar-refractivity contribution < 1.29 is 17.6 Å². The van der Waals surface area contributed by atoms with Gasteiger partial charge in [0, 0.05) is 6.04 Å². The van der Waals surface area contributed by atoms with Gasteiger partial charge in [0.1, 0.15) is 5.76 Å². The highest BCUT2D eigenvalue weighted by atomic mass is 32.2. The maximum Gasteiger partial charge on any atom is 0.241 e. The minimum Gasteiger partial charge on any atom is -0.468 e. The number of amides is 1. The van der Waals surface area contributed by atoms with Gasteiger partial charge in [-0.15, -0.1) is 0 Å². The third kappa shape index (κ3) is 5.44. The average Bonchev–Trinajstić information content (AvgIpc) is 3.08. The van der Waals surface area contributed by atoms with E-state index in [0.29, 0.717) is 5.76 Å². The van der Waals surface area contributed by atoms with E-state index >= 15 is 0 Å². The number of hydrogen-bond acceptors (Lipinski definition) is 4. The van der Waals surface area contributed by atoms with E-state index in [1.807, 2.05) is 20.8 Å². The van der Waals surface area contributed by atoms with Gasteiger partial charge in [-0.25, -0.2) is 8.42 Å². The number of furan rings is 1. The first-order chi connectivity index (χ1) is 11.8. The normalized spacial score (nSPS) is 14.0. The quantitative estimate of drug-likeness (QED) is 0.754. The molecule has 0 aliphatic carbocycles. The predicted molar refractivity (Wildman–Crippen MR) is 95.5 cm³/mol. The molecule has 0 spiro atoms. The average molecular weight is 364 g/mol. The number of carbonyl (C=O) groups is 1. The molecule has 1 heterocycles. The van der Waals surface area contributed by atoms with E-state index in [1.54, 1.807) is 24.3 Å². The number of aryl methyl sites for hydroxylation is 1. The topological polar surface area (TPSA) is 88.4 Å². The third-order valence-electron chi connectivity index (χ3n) is 3.92. The zero-order chi connectivity index (χ0) is 18.4. The van der Waals surface area contributed by atoms with E-state index in [-0.39, 0.29) is 23.3 Å². The van der Waals surface area contributed by atoms with Crippen LogP contribution in [0.5, 0.6) is 0 Å².